The van der Waals surface area contributed by atoms with Crippen LogP contribution in [-0.2, 0) is 14.8 Å². The number of nitrogens with one attached hydrogen (secondary N) is 1. The van der Waals surface area contributed by atoms with E-state index in [1.54, 1.807) is 13.2 Å². The SMILES string of the molecule is COc1ccccc1N1CCN(S(=O)(=O)c2ccc(NC(=O)CC#N)cc2)CC1. The summed E-state index contributed by atoms with van der Waals surface area (Å²) in [5, 5.41) is 11.1. The number of carbonyl (C=O) groups is 1. The Bertz CT molecular complexity index is 1010. The van der Waals surface area contributed by atoms with Crippen molar-refractivity contribution in [1.29, 1.82) is 5.26 Å². The van der Waals surface area contributed by atoms with E-state index < -0.39 is 15.9 Å². The highest BCUT2D eigenvalue weighted by Crippen LogP contribution is 2.29. The minimum absolute atomic E-state index is 0.168. The smallest absolute Gasteiger partial charge is 0.243 e. The predicted molar refractivity (Wildman–Crippen MR) is 109 cm³/mol. The van der Waals surface area contributed by atoms with Crippen LogP contribution in [0.5, 0.6) is 5.75 Å². The van der Waals surface area contributed by atoms with Crippen LogP contribution < -0.4 is 15.0 Å². The van der Waals surface area contributed by atoms with Crippen molar-refractivity contribution in [2.24, 2.45) is 0 Å². The average Bonchev–Trinajstić information content (AvgIpc) is 2.74. The molecule has 8 nitrogen and oxygen atoms in total. The number of sulfonamides is 1. The van der Waals surface area contributed by atoms with Crippen molar-refractivity contribution < 1.29 is 17.9 Å². The van der Waals surface area contributed by atoms with E-state index in [1.165, 1.54) is 28.6 Å². The molecule has 1 fully saturated rings. The molecule has 1 aliphatic heterocycles. The number of ether oxygens (including phenoxy) is 1. The number of carbonyl (C=O) groups excluding carboxylic acids is 1. The van der Waals surface area contributed by atoms with Crippen LogP contribution in [0.3, 0.4) is 0 Å². The zero-order valence-electron chi connectivity index (χ0n) is 16.0. The first-order valence-corrected chi connectivity index (χ1v) is 10.5. The monoisotopic (exact) mass is 414 g/mol. The fourth-order valence-electron chi connectivity index (χ4n) is 3.20. The molecule has 0 radical (unpaired) electrons. The minimum Gasteiger partial charge on any atom is -0.495 e. The van der Waals surface area contributed by atoms with Crippen molar-refractivity contribution in [3.63, 3.8) is 0 Å². The summed E-state index contributed by atoms with van der Waals surface area (Å²) in [7, 11) is -2.01. The van der Waals surface area contributed by atoms with E-state index in [0.29, 0.717) is 31.9 Å². The molecule has 0 bridgehead atoms. The fraction of sp³-hybridized carbons (Fsp3) is 0.300. The lowest BCUT2D eigenvalue weighted by molar-refractivity contribution is -0.115. The molecule has 0 aliphatic carbocycles. The quantitative estimate of drug-likeness (QED) is 0.776. The normalized spacial score (nSPS) is 14.8. The zero-order valence-corrected chi connectivity index (χ0v) is 16.9. The maximum absolute atomic E-state index is 12.9. The first-order valence-electron chi connectivity index (χ1n) is 9.10. The second-order valence-corrected chi connectivity index (χ2v) is 8.41. The Morgan fingerprint density at radius 1 is 1.10 bits per heavy atom. The first-order chi connectivity index (χ1) is 14.0. The lowest BCUT2D eigenvalue weighted by atomic mass is 10.2. The van der Waals surface area contributed by atoms with E-state index in [1.807, 2.05) is 24.3 Å². The first kappa shape index (κ1) is 20.6. The van der Waals surface area contributed by atoms with E-state index in [-0.39, 0.29) is 11.3 Å². The van der Waals surface area contributed by atoms with Gasteiger partial charge >= 0.3 is 0 Å². The Morgan fingerprint density at radius 2 is 1.76 bits per heavy atom. The van der Waals surface area contributed by atoms with Gasteiger partial charge in [-0.15, -0.1) is 0 Å². The number of hydrogen-bond donors (Lipinski definition) is 1. The van der Waals surface area contributed by atoms with Crippen molar-refractivity contribution >= 4 is 27.3 Å². The third-order valence-corrected chi connectivity index (χ3v) is 6.59. The van der Waals surface area contributed by atoms with E-state index in [9.17, 15) is 13.2 Å². The number of rotatable bonds is 6. The lowest BCUT2D eigenvalue weighted by Crippen LogP contribution is -2.48. The highest BCUT2D eigenvalue weighted by atomic mass is 32.2. The van der Waals surface area contributed by atoms with Crippen molar-refractivity contribution in [2.75, 3.05) is 43.5 Å². The number of piperazine rings is 1. The Morgan fingerprint density at radius 3 is 2.38 bits per heavy atom. The van der Waals surface area contributed by atoms with Gasteiger partial charge in [-0.05, 0) is 36.4 Å². The van der Waals surface area contributed by atoms with Gasteiger partial charge in [0.25, 0.3) is 0 Å². The van der Waals surface area contributed by atoms with Gasteiger partial charge in [0.05, 0.1) is 23.8 Å². The molecule has 152 valence electrons. The van der Waals surface area contributed by atoms with E-state index in [4.69, 9.17) is 10.00 Å². The Kier molecular flexibility index (Phi) is 6.36. The highest BCUT2D eigenvalue weighted by molar-refractivity contribution is 7.89. The number of benzene rings is 2. The van der Waals surface area contributed by atoms with Crippen LogP contribution in [0.25, 0.3) is 0 Å². The lowest BCUT2D eigenvalue weighted by Gasteiger charge is -2.35. The predicted octanol–water partition coefficient (Wildman–Crippen LogP) is 2.06. The van der Waals surface area contributed by atoms with Gasteiger partial charge in [0.1, 0.15) is 12.2 Å². The average molecular weight is 414 g/mol. The van der Waals surface area contributed by atoms with Crippen molar-refractivity contribution in [1.82, 2.24) is 4.31 Å². The van der Waals surface area contributed by atoms with Crippen molar-refractivity contribution in [2.45, 2.75) is 11.3 Å². The number of hydrogen-bond acceptors (Lipinski definition) is 6. The molecular formula is C20H22N4O4S. The summed E-state index contributed by atoms with van der Waals surface area (Å²) in [6, 6.07) is 15.4. The number of methoxy groups -OCH3 is 1. The summed E-state index contributed by atoms with van der Waals surface area (Å²) < 4.78 is 32.7. The molecule has 0 unspecified atom stereocenters. The van der Waals surface area contributed by atoms with Crippen molar-refractivity contribution in [3.05, 3.63) is 48.5 Å². The molecule has 3 rings (SSSR count). The van der Waals surface area contributed by atoms with Gasteiger partial charge in [-0.25, -0.2) is 8.42 Å². The molecule has 0 spiro atoms. The van der Waals surface area contributed by atoms with Crippen LogP contribution in [0.4, 0.5) is 11.4 Å². The summed E-state index contributed by atoms with van der Waals surface area (Å²) in [6.07, 6.45) is -0.253. The molecule has 1 N–H and O–H groups in total. The molecule has 0 aromatic heterocycles. The van der Waals surface area contributed by atoms with Crippen LogP contribution in [0.15, 0.2) is 53.4 Å². The Labute approximate surface area is 170 Å². The van der Waals surface area contributed by atoms with Crippen LogP contribution in [-0.4, -0.2) is 51.9 Å². The summed E-state index contributed by atoms with van der Waals surface area (Å²) in [5.74, 6) is 0.327. The molecule has 29 heavy (non-hydrogen) atoms. The van der Waals surface area contributed by atoms with E-state index in [2.05, 4.69) is 10.2 Å². The van der Waals surface area contributed by atoms with Gasteiger partial charge in [-0.2, -0.15) is 9.57 Å². The zero-order chi connectivity index (χ0) is 20.9. The summed E-state index contributed by atoms with van der Waals surface area (Å²) in [6.45, 7) is 1.84. The third kappa shape index (κ3) is 4.67. The molecule has 2 aromatic rings. The van der Waals surface area contributed by atoms with Crippen LogP contribution in [0.1, 0.15) is 6.42 Å². The molecule has 1 aliphatic rings. The second kappa shape index (κ2) is 8.94. The third-order valence-electron chi connectivity index (χ3n) is 4.68. The van der Waals surface area contributed by atoms with Gasteiger partial charge in [0.2, 0.25) is 15.9 Å². The Balaban J connectivity index is 1.67. The van der Waals surface area contributed by atoms with Gasteiger partial charge in [0, 0.05) is 31.9 Å². The number of nitriles is 1. The maximum atomic E-state index is 12.9. The molecule has 0 atom stereocenters. The summed E-state index contributed by atoms with van der Waals surface area (Å²) in [4.78, 5) is 13.7. The summed E-state index contributed by atoms with van der Waals surface area (Å²) in [5.41, 5.74) is 1.40. The fourth-order valence-corrected chi connectivity index (χ4v) is 4.62. The van der Waals surface area contributed by atoms with Crippen LogP contribution in [0.2, 0.25) is 0 Å². The van der Waals surface area contributed by atoms with Gasteiger partial charge in [-0.3, -0.25) is 4.79 Å². The molecule has 2 aromatic carbocycles. The van der Waals surface area contributed by atoms with E-state index in [0.717, 1.165) is 11.4 Å². The molecule has 0 saturated carbocycles. The molecule has 1 amide bonds. The van der Waals surface area contributed by atoms with Gasteiger partial charge in [-0.1, -0.05) is 12.1 Å². The number of anilines is 2. The van der Waals surface area contributed by atoms with Gasteiger partial charge < -0.3 is 15.0 Å². The number of amides is 1. The largest absolute Gasteiger partial charge is 0.495 e. The number of para-hydroxylation sites is 2. The highest BCUT2D eigenvalue weighted by Gasteiger charge is 2.29. The van der Waals surface area contributed by atoms with Crippen molar-refractivity contribution in [3.8, 4) is 11.8 Å². The van der Waals surface area contributed by atoms with Gasteiger partial charge in [0.15, 0.2) is 0 Å². The topological polar surface area (TPSA) is 103 Å². The molecule has 9 heteroatoms. The summed E-state index contributed by atoms with van der Waals surface area (Å²) >= 11 is 0. The molecular weight excluding hydrogens is 392 g/mol. The second-order valence-electron chi connectivity index (χ2n) is 6.47. The van der Waals surface area contributed by atoms with Crippen LogP contribution in [0, 0.1) is 11.3 Å². The Hall–Kier alpha value is -3.09. The molecule has 1 saturated heterocycles. The van der Waals surface area contributed by atoms with Crippen LogP contribution >= 0.6 is 0 Å². The molecule has 1 heterocycles. The standard InChI is InChI=1S/C20H22N4O4S/c1-28-19-5-3-2-4-18(19)23-12-14-24(15-13-23)29(26,27)17-8-6-16(7-9-17)22-20(25)10-11-21/h2-9H,10,12-15H2,1H3,(H,22,25). The minimum atomic E-state index is -3.63. The van der Waals surface area contributed by atoms with E-state index >= 15 is 0 Å². The number of nitrogens with zero attached hydrogens (tertiary/aromatic N) is 3. The maximum Gasteiger partial charge on any atom is 0.243 e.